The Morgan fingerprint density at radius 3 is 1.00 bits per heavy atom. The Kier molecular flexibility index (Phi) is 4.92. The normalized spacial score (nSPS) is 11.6. The molecule has 0 heterocycles. The fraction of sp³-hybridized carbons (Fsp3) is 0.533. The van der Waals surface area contributed by atoms with Crippen molar-refractivity contribution in [2.24, 2.45) is 0 Å². The largest absolute Gasteiger partial charge is 0.307 e. The minimum absolute atomic E-state index is 0.260. The maximum absolute atomic E-state index is 8.00. The summed E-state index contributed by atoms with van der Waals surface area (Å²) in [5, 5.41) is 0. The summed E-state index contributed by atoms with van der Waals surface area (Å²) in [7, 11) is 0. The summed E-state index contributed by atoms with van der Waals surface area (Å²) in [6.45, 7) is 15.5. The van der Waals surface area contributed by atoms with Crippen LogP contribution in [0.5, 0.6) is 0 Å². The van der Waals surface area contributed by atoms with Crippen LogP contribution in [0.4, 0.5) is 0 Å². The molecule has 90 valence electrons. The van der Waals surface area contributed by atoms with Crippen molar-refractivity contribution in [2.75, 3.05) is 0 Å². The molecule has 0 fully saturated rings. The van der Waals surface area contributed by atoms with Gasteiger partial charge in [-0.3, -0.25) is 0 Å². The highest BCUT2D eigenvalue weighted by atomic mass is 16.1. The third-order valence-corrected chi connectivity index (χ3v) is 2.62. The smallest absolute Gasteiger partial charge is 0.106 e. The van der Waals surface area contributed by atoms with Crippen molar-refractivity contribution in [3.8, 4) is 0 Å². The SMILES string of the molecule is C=O.CC(C)(C)c1ccc(C(C)(C)C)cc1. The fourth-order valence-electron chi connectivity index (χ4n) is 1.47. The molecule has 0 aliphatic carbocycles. The van der Waals surface area contributed by atoms with Gasteiger partial charge in [0.2, 0.25) is 0 Å². The van der Waals surface area contributed by atoms with Crippen LogP contribution in [0.1, 0.15) is 52.7 Å². The zero-order chi connectivity index (χ0) is 13.0. The number of carbonyl (C=O) groups is 1. The molecular weight excluding hydrogens is 196 g/mol. The van der Waals surface area contributed by atoms with Gasteiger partial charge in [0.25, 0.3) is 0 Å². The summed E-state index contributed by atoms with van der Waals surface area (Å²) in [5.41, 5.74) is 3.34. The van der Waals surface area contributed by atoms with E-state index in [1.165, 1.54) is 11.1 Å². The third-order valence-electron chi connectivity index (χ3n) is 2.62. The van der Waals surface area contributed by atoms with Crippen LogP contribution < -0.4 is 0 Å². The molecule has 0 bridgehead atoms. The Balaban J connectivity index is 0.00000106. The summed E-state index contributed by atoms with van der Waals surface area (Å²) in [4.78, 5) is 8.00. The molecule has 0 N–H and O–H groups in total. The van der Waals surface area contributed by atoms with Gasteiger partial charge in [-0.05, 0) is 22.0 Å². The molecule has 0 saturated carbocycles. The lowest BCUT2D eigenvalue weighted by atomic mass is 9.82. The second-order valence-corrected chi connectivity index (χ2v) is 6.08. The summed E-state index contributed by atoms with van der Waals surface area (Å²) in [6.07, 6.45) is 0. The molecule has 0 unspecified atom stereocenters. The van der Waals surface area contributed by atoms with E-state index in [4.69, 9.17) is 4.79 Å². The van der Waals surface area contributed by atoms with E-state index in [1.807, 2.05) is 6.79 Å². The molecule has 0 atom stereocenters. The summed E-state index contributed by atoms with van der Waals surface area (Å²) >= 11 is 0. The van der Waals surface area contributed by atoms with Crippen LogP contribution >= 0.6 is 0 Å². The molecular formula is C15H24O. The van der Waals surface area contributed by atoms with Crippen LogP contribution in [0.15, 0.2) is 24.3 Å². The molecule has 1 heteroatoms. The highest BCUT2D eigenvalue weighted by Gasteiger charge is 2.16. The summed E-state index contributed by atoms with van der Waals surface area (Å²) < 4.78 is 0. The molecule has 1 aromatic carbocycles. The molecule has 0 saturated heterocycles. The Bertz CT molecular complexity index is 276. The van der Waals surface area contributed by atoms with Crippen molar-refractivity contribution in [3.05, 3.63) is 35.4 Å². The van der Waals surface area contributed by atoms with Crippen molar-refractivity contribution in [1.29, 1.82) is 0 Å². The van der Waals surface area contributed by atoms with E-state index in [-0.39, 0.29) is 10.8 Å². The Morgan fingerprint density at radius 1 is 0.688 bits per heavy atom. The van der Waals surface area contributed by atoms with Gasteiger partial charge in [-0.25, -0.2) is 0 Å². The molecule has 0 amide bonds. The van der Waals surface area contributed by atoms with E-state index in [0.717, 1.165) is 0 Å². The summed E-state index contributed by atoms with van der Waals surface area (Å²) in [5.74, 6) is 0. The average Bonchev–Trinajstić information content (AvgIpc) is 2.18. The first-order valence-electron chi connectivity index (χ1n) is 5.61. The first kappa shape index (κ1) is 14.9. The Morgan fingerprint density at radius 2 is 0.875 bits per heavy atom. The van der Waals surface area contributed by atoms with Gasteiger partial charge >= 0.3 is 0 Å². The molecule has 1 nitrogen and oxygen atoms in total. The van der Waals surface area contributed by atoms with Gasteiger partial charge in [-0.15, -0.1) is 0 Å². The van der Waals surface area contributed by atoms with Crippen LogP contribution in [0.3, 0.4) is 0 Å². The highest BCUT2D eigenvalue weighted by Crippen LogP contribution is 2.26. The number of carbonyl (C=O) groups excluding carboxylic acids is 1. The van der Waals surface area contributed by atoms with E-state index in [0.29, 0.717) is 0 Å². The monoisotopic (exact) mass is 220 g/mol. The molecule has 0 aromatic heterocycles. The van der Waals surface area contributed by atoms with Crippen molar-refractivity contribution in [3.63, 3.8) is 0 Å². The standard InChI is InChI=1S/C14H22.CH2O/c1-13(2,3)11-7-9-12(10-8-11)14(4,5)6;1-2/h7-10H,1-6H3;1H2. The van der Waals surface area contributed by atoms with Crippen molar-refractivity contribution >= 4 is 6.79 Å². The molecule has 0 aliphatic heterocycles. The summed E-state index contributed by atoms with van der Waals surface area (Å²) in [6, 6.07) is 9.00. The number of hydrogen-bond acceptors (Lipinski definition) is 1. The van der Waals surface area contributed by atoms with Gasteiger partial charge in [-0.2, -0.15) is 0 Å². The minimum Gasteiger partial charge on any atom is -0.307 e. The van der Waals surface area contributed by atoms with Crippen molar-refractivity contribution in [1.82, 2.24) is 0 Å². The van der Waals surface area contributed by atoms with Crippen LogP contribution in [0.25, 0.3) is 0 Å². The first-order valence-corrected chi connectivity index (χ1v) is 5.61. The van der Waals surface area contributed by atoms with E-state index < -0.39 is 0 Å². The second kappa shape index (κ2) is 5.29. The third kappa shape index (κ3) is 4.18. The number of hydrogen-bond donors (Lipinski definition) is 0. The minimum atomic E-state index is 0.260. The Labute approximate surface area is 99.9 Å². The zero-order valence-electron chi connectivity index (χ0n) is 11.4. The van der Waals surface area contributed by atoms with Crippen LogP contribution in [-0.4, -0.2) is 6.79 Å². The predicted molar refractivity (Wildman–Crippen MR) is 71.0 cm³/mol. The first-order chi connectivity index (χ1) is 7.21. The quantitative estimate of drug-likeness (QED) is 0.643. The van der Waals surface area contributed by atoms with E-state index in [9.17, 15) is 0 Å². The van der Waals surface area contributed by atoms with Gasteiger partial charge in [0, 0.05) is 0 Å². The van der Waals surface area contributed by atoms with Crippen molar-refractivity contribution < 1.29 is 4.79 Å². The van der Waals surface area contributed by atoms with E-state index in [2.05, 4.69) is 65.8 Å². The van der Waals surface area contributed by atoms with E-state index in [1.54, 1.807) is 0 Å². The lowest BCUT2D eigenvalue weighted by molar-refractivity contribution is -0.0979. The fourth-order valence-corrected chi connectivity index (χ4v) is 1.47. The van der Waals surface area contributed by atoms with Crippen molar-refractivity contribution in [2.45, 2.75) is 52.4 Å². The molecule has 0 aliphatic rings. The molecule has 1 aromatic rings. The van der Waals surface area contributed by atoms with Crippen LogP contribution in [0, 0.1) is 0 Å². The van der Waals surface area contributed by atoms with Gasteiger partial charge in [0.15, 0.2) is 0 Å². The van der Waals surface area contributed by atoms with Gasteiger partial charge in [-0.1, -0.05) is 65.8 Å². The van der Waals surface area contributed by atoms with Crippen LogP contribution in [-0.2, 0) is 15.6 Å². The lowest BCUT2D eigenvalue weighted by Gasteiger charge is -2.23. The Hall–Kier alpha value is -1.11. The second-order valence-electron chi connectivity index (χ2n) is 6.08. The maximum atomic E-state index is 8.00. The molecule has 0 spiro atoms. The predicted octanol–water partition coefficient (Wildman–Crippen LogP) is 4.10. The van der Waals surface area contributed by atoms with Gasteiger partial charge < -0.3 is 4.79 Å². The molecule has 1 rings (SSSR count). The average molecular weight is 220 g/mol. The molecule has 0 radical (unpaired) electrons. The zero-order valence-corrected chi connectivity index (χ0v) is 11.4. The van der Waals surface area contributed by atoms with Crippen LogP contribution in [0.2, 0.25) is 0 Å². The number of benzene rings is 1. The lowest BCUT2D eigenvalue weighted by Crippen LogP contribution is -2.14. The topological polar surface area (TPSA) is 17.1 Å². The van der Waals surface area contributed by atoms with Gasteiger partial charge in [0.05, 0.1) is 0 Å². The highest BCUT2D eigenvalue weighted by molar-refractivity contribution is 5.30. The molecule has 16 heavy (non-hydrogen) atoms. The maximum Gasteiger partial charge on any atom is 0.106 e. The number of rotatable bonds is 0. The van der Waals surface area contributed by atoms with E-state index >= 15 is 0 Å². The van der Waals surface area contributed by atoms with Gasteiger partial charge in [0.1, 0.15) is 6.79 Å².